The van der Waals surface area contributed by atoms with Crippen molar-refractivity contribution in [3.05, 3.63) is 82.0 Å². The van der Waals surface area contributed by atoms with Crippen LogP contribution in [0.4, 0.5) is 24.7 Å². The zero-order valence-corrected chi connectivity index (χ0v) is 19.5. The van der Waals surface area contributed by atoms with Gasteiger partial charge in [0.15, 0.2) is 6.20 Å². The topological polar surface area (TPSA) is 88.8 Å². The van der Waals surface area contributed by atoms with Crippen molar-refractivity contribution in [1.82, 2.24) is 9.88 Å². The number of pyridine rings is 1. The number of rotatable bonds is 5. The lowest BCUT2D eigenvalue weighted by Crippen LogP contribution is -2.53. The minimum absolute atomic E-state index is 0.0562. The molecule has 8 nitrogen and oxygen atoms in total. The van der Waals surface area contributed by atoms with Gasteiger partial charge in [-0.3, -0.25) is 4.79 Å². The molecule has 1 unspecified atom stereocenters. The lowest BCUT2D eigenvalue weighted by molar-refractivity contribution is -0.389. The number of amides is 1. The number of ether oxygens (including phenoxy) is 1. The van der Waals surface area contributed by atoms with Crippen molar-refractivity contribution in [2.24, 2.45) is 0 Å². The third-order valence-electron chi connectivity index (χ3n) is 6.14. The number of piperazine rings is 1. The average molecular weight is 500 g/mol. The van der Waals surface area contributed by atoms with Gasteiger partial charge in [0.1, 0.15) is 5.75 Å². The van der Waals surface area contributed by atoms with Gasteiger partial charge in [0.25, 0.3) is 5.91 Å². The summed E-state index contributed by atoms with van der Waals surface area (Å²) in [7, 11) is 1.44. The van der Waals surface area contributed by atoms with Gasteiger partial charge in [0.05, 0.1) is 18.4 Å². The Morgan fingerprint density at radius 3 is 2.39 bits per heavy atom. The molecule has 36 heavy (non-hydrogen) atoms. The highest BCUT2D eigenvalue weighted by Gasteiger charge is 2.31. The third-order valence-corrected chi connectivity index (χ3v) is 6.14. The summed E-state index contributed by atoms with van der Waals surface area (Å²) < 4.78 is 44.1. The van der Waals surface area contributed by atoms with Gasteiger partial charge in [0, 0.05) is 42.9 Å². The molecule has 0 aliphatic carbocycles. The van der Waals surface area contributed by atoms with Crippen molar-refractivity contribution in [2.45, 2.75) is 19.1 Å². The molecule has 0 bridgehead atoms. The van der Waals surface area contributed by atoms with Gasteiger partial charge in [-0.25, -0.2) is 0 Å². The number of nitrogens with zero attached hydrogens (tertiary/aromatic N) is 4. The molecule has 0 saturated carbocycles. The molecule has 3 aromatic rings. The number of methoxy groups -OCH3 is 1. The van der Waals surface area contributed by atoms with Crippen molar-refractivity contribution < 1.29 is 27.6 Å². The Labute approximate surface area is 205 Å². The number of anilines is 1. The van der Waals surface area contributed by atoms with Gasteiger partial charge in [-0.2, -0.15) is 13.2 Å². The second kappa shape index (κ2) is 9.84. The van der Waals surface area contributed by atoms with Crippen LogP contribution in [0.2, 0.25) is 0 Å². The first-order valence-corrected chi connectivity index (χ1v) is 11.1. The van der Waals surface area contributed by atoms with E-state index in [0.717, 1.165) is 17.8 Å². The van der Waals surface area contributed by atoms with Crippen molar-refractivity contribution in [3.63, 3.8) is 0 Å². The van der Waals surface area contributed by atoms with E-state index in [1.54, 1.807) is 29.2 Å². The number of benzene rings is 2. The molecule has 2 heterocycles. The van der Waals surface area contributed by atoms with Crippen LogP contribution in [0.15, 0.2) is 60.8 Å². The maximum atomic E-state index is 13.2. The maximum absolute atomic E-state index is 13.2. The Bertz CT molecular complexity index is 1260. The minimum atomic E-state index is -4.42. The normalized spacial score (nSPS) is 16.1. The Kier molecular flexibility index (Phi) is 6.82. The van der Waals surface area contributed by atoms with Crippen LogP contribution < -0.4 is 9.64 Å². The summed E-state index contributed by atoms with van der Waals surface area (Å²) in [5.41, 5.74) is 1.52. The van der Waals surface area contributed by atoms with E-state index in [-0.39, 0.29) is 17.8 Å². The molecule has 1 atom stereocenters. The second-order valence-electron chi connectivity index (χ2n) is 8.42. The standard InChI is InChI=1S/C25H23F3N4O4/c1-16-15-30(11-12-31(16)20-8-10-23(29-14-20)32(34)35)24(33)18-5-9-21(22(13-18)36-2)17-3-6-19(7-4-17)25(26,27)28/h3-10,13-14,16H,11-12,15H2,1-2H3. The highest BCUT2D eigenvalue weighted by Crippen LogP contribution is 2.35. The van der Waals surface area contributed by atoms with Crippen LogP contribution in [0.5, 0.6) is 5.75 Å². The summed E-state index contributed by atoms with van der Waals surface area (Å²) in [4.78, 5) is 31.1. The number of aromatic nitrogens is 1. The second-order valence-corrected chi connectivity index (χ2v) is 8.42. The summed E-state index contributed by atoms with van der Waals surface area (Å²) >= 11 is 0. The van der Waals surface area contributed by atoms with Crippen molar-refractivity contribution in [1.29, 1.82) is 0 Å². The fourth-order valence-electron chi connectivity index (χ4n) is 4.27. The molecule has 1 amide bonds. The van der Waals surface area contributed by atoms with Crippen LogP contribution in [-0.2, 0) is 6.18 Å². The van der Waals surface area contributed by atoms with Gasteiger partial charge in [-0.05, 0) is 58.8 Å². The number of hydrogen-bond acceptors (Lipinski definition) is 6. The number of nitro groups is 1. The lowest BCUT2D eigenvalue weighted by atomic mass is 10.0. The fourth-order valence-corrected chi connectivity index (χ4v) is 4.27. The largest absolute Gasteiger partial charge is 0.496 e. The number of halogens is 3. The Morgan fingerprint density at radius 1 is 1.11 bits per heavy atom. The molecule has 0 radical (unpaired) electrons. The first kappa shape index (κ1) is 25.0. The summed E-state index contributed by atoms with van der Waals surface area (Å²) in [6.07, 6.45) is -2.97. The summed E-state index contributed by atoms with van der Waals surface area (Å²) in [5.74, 6) is -0.0428. The van der Waals surface area contributed by atoms with Crippen LogP contribution >= 0.6 is 0 Å². The van der Waals surface area contributed by atoms with Gasteiger partial charge < -0.3 is 24.7 Å². The van der Waals surface area contributed by atoms with Gasteiger partial charge >= 0.3 is 12.0 Å². The number of alkyl halides is 3. The molecule has 2 aromatic carbocycles. The number of hydrogen-bond donors (Lipinski definition) is 0. The zero-order chi connectivity index (χ0) is 26.0. The van der Waals surface area contributed by atoms with Crippen LogP contribution in [0.25, 0.3) is 11.1 Å². The van der Waals surface area contributed by atoms with Crippen LogP contribution in [0.3, 0.4) is 0 Å². The molecule has 188 valence electrons. The number of carbonyl (C=O) groups excluding carboxylic acids is 1. The van der Waals surface area contributed by atoms with E-state index < -0.39 is 16.7 Å². The Hall–Kier alpha value is -4.15. The molecule has 1 saturated heterocycles. The van der Waals surface area contributed by atoms with Crippen molar-refractivity contribution in [2.75, 3.05) is 31.6 Å². The Balaban J connectivity index is 1.48. The predicted octanol–water partition coefficient (Wildman–Crippen LogP) is 5.04. The highest BCUT2D eigenvalue weighted by molar-refractivity contribution is 5.96. The van der Waals surface area contributed by atoms with E-state index in [2.05, 4.69) is 4.98 Å². The van der Waals surface area contributed by atoms with E-state index in [0.29, 0.717) is 42.1 Å². The molecule has 1 fully saturated rings. The van der Waals surface area contributed by atoms with E-state index in [4.69, 9.17) is 4.74 Å². The van der Waals surface area contributed by atoms with E-state index in [1.807, 2.05) is 11.8 Å². The SMILES string of the molecule is COc1cc(C(=O)N2CCN(c3ccc([N+](=O)[O-])nc3)C(C)C2)ccc1-c1ccc(C(F)(F)F)cc1. The fraction of sp³-hybridized carbons (Fsp3) is 0.280. The maximum Gasteiger partial charge on any atom is 0.416 e. The predicted molar refractivity (Wildman–Crippen MR) is 127 cm³/mol. The van der Waals surface area contributed by atoms with E-state index >= 15 is 0 Å². The third kappa shape index (κ3) is 5.09. The van der Waals surface area contributed by atoms with Crippen LogP contribution in [0, 0.1) is 10.1 Å². The molecule has 1 aliphatic rings. The lowest BCUT2D eigenvalue weighted by Gasteiger charge is -2.40. The molecule has 4 rings (SSSR count). The first-order chi connectivity index (χ1) is 17.1. The van der Waals surface area contributed by atoms with Gasteiger partial charge in [-0.15, -0.1) is 0 Å². The van der Waals surface area contributed by atoms with Crippen molar-refractivity contribution >= 4 is 17.4 Å². The smallest absolute Gasteiger partial charge is 0.416 e. The molecule has 1 aromatic heterocycles. The number of carbonyl (C=O) groups is 1. The molecule has 11 heteroatoms. The van der Waals surface area contributed by atoms with Gasteiger partial charge in [-0.1, -0.05) is 12.1 Å². The molecule has 0 spiro atoms. The highest BCUT2D eigenvalue weighted by atomic mass is 19.4. The van der Waals surface area contributed by atoms with Crippen LogP contribution in [0.1, 0.15) is 22.8 Å². The van der Waals surface area contributed by atoms with E-state index in [9.17, 15) is 28.1 Å². The monoisotopic (exact) mass is 500 g/mol. The van der Waals surface area contributed by atoms with Gasteiger partial charge in [0.2, 0.25) is 0 Å². The summed E-state index contributed by atoms with van der Waals surface area (Å²) in [6, 6.07) is 12.6. The summed E-state index contributed by atoms with van der Waals surface area (Å²) in [6.45, 7) is 3.34. The van der Waals surface area contributed by atoms with E-state index in [1.165, 1.54) is 31.5 Å². The summed E-state index contributed by atoms with van der Waals surface area (Å²) in [5, 5.41) is 10.8. The van der Waals surface area contributed by atoms with Crippen LogP contribution in [-0.4, -0.2) is 53.5 Å². The average Bonchev–Trinajstić information content (AvgIpc) is 2.87. The molecular weight excluding hydrogens is 477 g/mol. The van der Waals surface area contributed by atoms with Crippen molar-refractivity contribution in [3.8, 4) is 16.9 Å². The molecule has 0 N–H and O–H groups in total. The quantitative estimate of drug-likeness (QED) is 0.361. The molecule has 1 aliphatic heterocycles. The zero-order valence-electron chi connectivity index (χ0n) is 19.5. The molecular formula is C25H23F3N4O4. The first-order valence-electron chi connectivity index (χ1n) is 11.1. The minimum Gasteiger partial charge on any atom is -0.496 e. The Morgan fingerprint density at radius 2 is 1.83 bits per heavy atom.